The van der Waals surface area contributed by atoms with Crippen molar-refractivity contribution in [3.05, 3.63) is 34.6 Å². The fourth-order valence-corrected chi connectivity index (χ4v) is 2.44. The first-order valence-corrected chi connectivity index (χ1v) is 7.14. The van der Waals surface area contributed by atoms with Gasteiger partial charge in [0.15, 0.2) is 0 Å². The van der Waals surface area contributed by atoms with E-state index in [2.05, 4.69) is 26.1 Å². The molecule has 0 amide bonds. The van der Waals surface area contributed by atoms with Gasteiger partial charge in [0, 0.05) is 16.6 Å². The average Bonchev–Trinajstić information content (AvgIpc) is 2.35. The molecule has 2 unspecified atom stereocenters. The highest BCUT2D eigenvalue weighted by molar-refractivity contribution is 6.31. The van der Waals surface area contributed by atoms with E-state index in [0.29, 0.717) is 29.0 Å². The van der Waals surface area contributed by atoms with Gasteiger partial charge in [0.2, 0.25) is 0 Å². The molecular weight excluding hydrogens is 249 g/mol. The van der Waals surface area contributed by atoms with Crippen LogP contribution in [-0.2, 0) is 6.42 Å². The van der Waals surface area contributed by atoms with E-state index in [0.717, 1.165) is 19.4 Å². The predicted molar refractivity (Wildman–Crippen MR) is 76.7 cm³/mol. The van der Waals surface area contributed by atoms with Gasteiger partial charge in [0.05, 0.1) is 0 Å². The van der Waals surface area contributed by atoms with Gasteiger partial charge in [-0.2, -0.15) is 0 Å². The van der Waals surface area contributed by atoms with Crippen molar-refractivity contribution in [1.29, 1.82) is 0 Å². The second-order valence-corrected chi connectivity index (χ2v) is 5.22. The van der Waals surface area contributed by atoms with E-state index >= 15 is 0 Å². The zero-order valence-electron chi connectivity index (χ0n) is 11.5. The molecule has 0 aromatic heterocycles. The Balaban J connectivity index is 2.73. The summed E-state index contributed by atoms with van der Waals surface area (Å²) < 4.78 is 13.8. The second-order valence-electron chi connectivity index (χ2n) is 4.82. The first-order valence-electron chi connectivity index (χ1n) is 6.76. The normalized spacial score (nSPS) is 14.5. The smallest absolute Gasteiger partial charge is 0.127 e. The molecule has 0 saturated carbocycles. The molecule has 18 heavy (non-hydrogen) atoms. The fourth-order valence-electron chi connectivity index (χ4n) is 2.20. The molecular formula is C15H23ClFN. The Bertz CT molecular complexity index is 347. The van der Waals surface area contributed by atoms with Crippen molar-refractivity contribution in [2.45, 2.75) is 46.1 Å². The number of nitrogens with one attached hydrogen (secondary N) is 1. The Morgan fingerprint density at radius 1 is 1.33 bits per heavy atom. The van der Waals surface area contributed by atoms with Crippen LogP contribution in [0.15, 0.2) is 18.2 Å². The van der Waals surface area contributed by atoms with Crippen LogP contribution in [0.2, 0.25) is 5.02 Å². The lowest BCUT2D eigenvalue weighted by Gasteiger charge is -2.24. The summed E-state index contributed by atoms with van der Waals surface area (Å²) in [5, 5.41) is 4.02. The van der Waals surface area contributed by atoms with E-state index < -0.39 is 0 Å². The van der Waals surface area contributed by atoms with Crippen molar-refractivity contribution in [3.63, 3.8) is 0 Å². The van der Waals surface area contributed by atoms with E-state index in [4.69, 9.17) is 11.6 Å². The molecule has 0 aliphatic rings. The van der Waals surface area contributed by atoms with E-state index in [1.165, 1.54) is 6.07 Å². The lowest BCUT2D eigenvalue weighted by Crippen LogP contribution is -2.35. The molecule has 1 aromatic rings. The minimum Gasteiger partial charge on any atom is -0.314 e. The summed E-state index contributed by atoms with van der Waals surface area (Å²) in [4.78, 5) is 0. The molecule has 3 heteroatoms. The summed E-state index contributed by atoms with van der Waals surface area (Å²) >= 11 is 6.08. The van der Waals surface area contributed by atoms with Crippen LogP contribution < -0.4 is 5.32 Å². The van der Waals surface area contributed by atoms with Gasteiger partial charge in [0.25, 0.3) is 0 Å². The topological polar surface area (TPSA) is 12.0 Å². The molecule has 0 bridgehead atoms. The molecule has 1 N–H and O–H groups in total. The SMILES string of the molecule is CCCNC(C)C(CC)Cc1c(F)cccc1Cl. The number of hydrogen-bond donors (Lipinski definition) is 1. The Morgan fingerprint density at radius 2 is 2.06 bits per heavy atom. The lowest BCUT2D eigenvalue weighted by molar-refractivity contribution is 0.358. The Hall–Kier alpha value is -0.600. The van der Waals surface area contributed by atoms with Crippen LogP contribution in [0.4, 0.5) is 4.39 Å². The van der Waals surface area contributed by atoms with Crippen molar-refractivity contribution in [2.75, 3.05) is 6.54 Å². The standard InChI is InChI=1S/C15H23ClFN/c1-4-9-18-11(3)12(5-2)10-13-14(16)7-6-8-15(13)17/h6-8,11-12,18H,4-5,9-10H2,1-3H3. The molecule has 0 aliphatic heterocycles. The van der Waals surface area contributed by atoms with Crippen LogP contribution in [0.1, 0.15) is 39.2 Å². The van der Waals surface area contributed by atoms with Gasteiger partial charge >= 0.3 is 0 Å². The molecule has 0 spiro atoms. The first-order chi connectivity index (χ1) is 8.60. The Morgan fingerprint density at radius 3 is 2.61 bits per heavy atom. The molecule has 1 aromatic carbocycles. The van der Waals surface area contributed by atoms with Crippen molar-refractivity contribution >= 4 is 11.6 Å². The number of halogens is 2. The maximum atomic E-state index is 13.8. The van der Waals surface area contributed by atoms with Crippen LogP contribution in [0.3, 0.4) is 0 Å². The predicted octanol–water partition coefficient (Wildman–Crippen LogP) is 4.44. The summed E-state index contributed by atoms with van der Waals surface area (Å²) in [6, 6.07) is 5.28. The maximum Gasteiger partial charge on any atom is 0.127 e. The molecule has 0 radical (unpaired) electrons. The van der Waals surface area contributed by atoms with Crippen molar-refractivity contribution in [3.8, 4) is 0 Å². The summed E-state index contributed by atoms with van der Waals surface area (Å²) in [5.74, 6) is 0.217. The summed E-state index contributed by atoms with van der Waals surface area (Å²) in [6.07, 6.45) is 2.82. The average molecular weight is 272 g/mol. The minimum absolute atomic E-state index is 0.191. The summed E-state index contributed by atoms with van der Waals surface area (Å²) in [6.45, 7) is 7.46. The highest BCUT2D eigenvalue weighted by atomic mass is 35.5. The van der Waals surface area contributed by atoms with Crippen molar-refractivity contribution in [2.24, 2.45) is 5.92 Å². The summed E-state index contributed by atoms with van der Waals surface area (Å²) in [7, 11) is 0. The molecule has 0 saturated heterocycles. The molecule has 1 rings (SSSR count). The van der Waals surface area contributed by atoms with E-state index in [1.807, 2.05) is 0 Å². The van der Waals surface area contributed by atoms with Gasteiger partial charge < -0.3 is 5.32 Å². The van der Waals surface area contributed by atoms with Gasteiger partial charge in [-0.05, 0) is 44.4 Å². The zero-order valence-corrected chi connectivity index (χ0v) is 12.2. The molecule has 0 aliphatic carbocycles. The number of benzene rings is 1. The van der Waals surface area contributed by atoms with Crippen molar-refractivity contribution < 1.29 is 4.39 Å². The van der Waals surface area contributed by atoms with E-state index in [1.54, 1.807) is 12.1 Å². The third kappa shape index (κ3) is 4.25. The third-order valence-electron chi connectivity index (χ3n) is 3.48. The largest absolute Gasteiger partial charge is 0.314 e. The van der Waals surface area contributed by atoms with E-state index in [-0.39, 0.29) is 5.82 Å². The molecule has 2 atom stereocenters. The van der Waals surface area contributed by atoms with Gasteiger partial charge in [-0.1, -0.05) is 37.9 Å². The molecule has 102 valence electrons. The monoisotopic (exact) mass is 271 g/mol. The maximum absolute atomic E-state index is 13.8. The molecule has 1 nitrogen and oxygen atoms in total. The van der Waals surface area contributed by atoms with E-state index in [9.17, 15) is 4.39 Å². The minimum atomic E-state index is -0.191. The van der Waals surface area contributed by atoms with Crippen LogP contribution in [-0.4, -0.2) is 12.6 Å². The quantitative estimate of drug-likeness (QED) is 0.773. The van der Waals surface area contributed by atoms with Gasteiger partial charge in [-0.25, -0.2) is 4.39 Å². The zero-order chi connectivity index (χ0) is 13.5. The van der Waals surface area contributed by atoms with Crippen LogP contribution >= 0.6 is 11.6 Å². The first kappa shape index (κ1) is 15.5. The second kappa shape index (κ2) is 7.75. The van der Waals surface area contributed by atoms with Gasteiger partial charge in [0.1, 0.15) is 5.82 Å². The third-order valence-corrected chi connectivity index (χ3v) is 3.83. The summed E-state index contributed by atoms with van der Waals surface area (Å²) in [5.41, 5.74) is 0.649. The highest BCUT2D eigenvalue weighted by Gasteiger charge is 2.18. The van der Waals surface area contributed by atoms with Crippen molar-refractivity contribution in [1.82, 2.24) is 5.32 Å². The van der Waals surface area contributed by atoms with Gasteiger partial charge in [-0.15, -0.1) is 0 Å². The number of rotatable bonds is 7. The molecule has 0 heterocycles. The Labute approximate surface area is 115 Å². The number of hydrogen-bond acceptors (Lipinski definition) is 1. The Kier molecular flexibility index (Phi) is 6.66. The van der Waals surface area contributed by atoms with Crippen LogP contribution in [0.25, 0.3) is 0 Å². The van der Waals surface area contributed by atoms with Crippen LogP contribution in [0, 0.1) is 11.7 Å². The van der Waals surface area contributed by atoms with Crippen LogP contribution in [0.5, 0.6) is 0 Å². The fraction of sp³-hybridized carbons (Fsp3) is 0.600. The molecule has 0 fully saturated rings. The highest BCUT2D eigenvalue weighted by Crippen LogP contribution is 2.25. The van der Waals surface area contributed by atoms with Gasteiger partial charge in [-0.3, -0.25) is 0 Å². The lowest BCUT2D eigenvalue weighted by atomic mass is 9.90.